The zero-order chi connectivity index (χ0) is 20.3. The Hall–Kier alpha value is -2.66. The number of aromatic nitrogens is 1. The average Bonchev–Trinajstić information content (AvgIpc) is 3.02. The first-order valence-electron chi connectivity index (χ1n) is 8.27. The third-order valence-electron chi connectivity index (χ3n) is 4.05. The van der Waals surface area contributed by atoms with Crippen LogP contribution in [-0.2, 0) is 28.7 Å². The maximum absolute atomic E-state index is 12.8. The first kappa shape index (κ1) is 20.1. The number of alkyl halides is 3. The lowest BCUT2D eigenvalue weighted by atomic mass is 10.1. The molecule has 0 radical (unpaired) electrons. The van der Waals surface area contributed by atoms with Crippen molar-refractivity contribution in [1.29, 1.82) is 0 Å². The molecule has 1 aromatic carbocycles. The Balaban J connectivity index is 1.58. The van der Waals surface area contributed by atoms with Crippen molar-refractivity contribution < 1.29 is 27.5 Å². The summed E-state index contributed by atoms with van der Waals surface area (Å²) in [6.45, 7) is 1.07. The standard InChI is InChI=1S/C17H17F3N4O3S/c1-27-16(26)23-15-22-12-5-6-24(8-13(12)28-15)9-14(25)21-11-4-2-3-10(7-11)17(18,19)20/h2-4,7H,5-6,8-9H2,1H3,(H,21,25)(H,22,23,26). The molecule has 11 heteroatoms. The number of nitrogens with zero attached hydrogens (tertiary/aromatic N) is 2. The lowest BCUT2D eigenvalue weighted by Gasteiger charge is -2.25. The van der Waals surface area contributed by atoms with Gasteiger partial charge in [0.2, 0.25) is 5.91 Å². The summed E-state index contributed by atoms with van der Waals surface area (Å²) in [6.07, 6.45) is -4.47. The summed E-state index contributed by atoms with van der Waals surface area (Å²) >= 11 is 1.30. The van der Waals surface area contributed by atoms with Gasteiger partial charge in [0.05, 0.1) is 24.9 Å². The molecule has 0 aliphatic carbocycles. The predicted molar refractivity (Wildman–Crippen MR) is 97.2 cm³/mol. The van der Waals surface area contributed by atoms with Gasteiger partial charge in [-0.25, -0.2) is 9.78 Å². The molecule has 0 saturated carbocycles. The van der Waals surface area contributed by atoms with Crippen LogP contribution in [0.5, 0.6) is 0 Å². The zero-order valence-corrected chi connectivity index (χ0v) is 15.6. The molecule has 0 spiro atoms. The fraction of sp³-hybridized carbons (Fsp3) is 0.353. The number of ether oxygens (including phenoxy) is 1. The summed E-state index contributed by atoms with van der Waals surface area (Å²) in [5, 5.41) is 5.43. The van der Waals surface area contributed by atoms with E-state index in [0.29, 0.717) is 24.6 Å². The Morgan fingerprint density at radius 3 is 2.82 bits per heavy atom. The van der Waals surface area contributed by atoms with Crippen LogP contribution in [0.3, 0.4) is 0 Å². The molecule has 7 nitrogen and oxygen atoms in total. The summed E-state index contributed by atoms with van der Waals surface area (Å²) in [5.41, 5.74) is 0.133. The number of carbonyl (C=O) groups excluding carboxylic acids is 2. The van der Waals surface area contributed by atoms with Crippen LogP contribution in [0.1, 0.15) is 16.1 Å². The second kappa shape index (κ2) is 8.15. The molecule has 2 amide bonds. The molecule has 28 heavy (non-hydrogen) atoms. The Bertz CT molecular complexity index is 885. The average molecular weight is 414 g/mol. The lowest BCUT2D eigenvalue weighted by molar-refractivity contribution is -0.137. The Labute approximate surface area is 162 Å². The molecule has 0 bridgehead atoms. The number of nitrogens with one attached hydrogen (secondary N) is 2. The summed E-state index contributed by atoms with van der Waals surface area (Å²) in [4.78, 5) is 30.6. The highest BCUT2D eigenvalue weighted by atomic mass is 32.1. The van der Waals surface area contributed by atoms with Gasteiger partial charge < -0.3 is 10.1 Å². The van der Waals surface area contributed by atoms with Gasteiger partial charge in [0.15, 0.2) is 5.13 Å². The van der Waals surface area contributed by atoms with Crippen LogP contribution < -0.4 is 10.6 Å². The largest absolute Gasteiger partial charge is 0.453 e. The molecule has 3 rings (SSSR count). The van der Waals surface area contributed by atoms with Gasteiger partial charge in [0, 0.05) is 30.1 Å². The van der Waals surface area contributed by atoms with Gasteiger partial charge >= 0.3 is 12.3 Å². The van der Waals surface area contributed by atoms with Gasteiger partial charge in [-0.2, -0.15) is 13.2 Å². The van der Waals surface area contributed by atoms with Crippen LogP contribution in [0.15, 0.2) is 24.3 Å². The summed E-state index contributed by atoms with van der Waals surface area (Å²) in [7, 11) is 1.26. The molecule has 150 valence electrons. The fourth-order valence-corrected chi connectivity index (χ4v) is 3.79. The topological polar surface area (TPSA) is 83.6 Å². The van der Waals surface area contributed by atoms with Crippen molar-refractivity contribution in [1.82, 2.24) is 9.88 Å². The predicted octanol–water partition coefficient (Wildman–Crippen LogP) is 3.34. The van der Waals surface area contributed by atoms with Crippen molar-refractivity contribution in [2.24, 2.45) is 0 Å². The first-order chi connectivity index (χ1) is 13.2. The highest BCUT2D eigenvalue weighted by molar-refractivity contribution is 7.15. The van der Waals surface area contributed by atoms with E-state index in [2.05, 4.69) is 20.4 Å². The second-order valence-electron chi connectivity index (χ2n) is 6.09. The number of rotatable bonds is 4. The number of carbonyl (C=O) groups is 2. The van der Waals surface area contributed by atoms with Crippen LogP contribution in [0.4, 0.5) is 28.8 Å². The molecule has 0 fully saturated rings. The van der Waals surface area contributed by atoms with Crippen molar-refractivity contribution in [2.45, 2.75) is 19.1 Å². The second-order valence-corrected chi connectivity index (χ2v) is 7.18. The number of hydrogen-bond donors (Lipinski definition) is 2. The maximum Gasteiger partial charge on any atom is 0.416 e. The molecule has 0 unspecified atom stereocenters. The Morgan fingerprint density at radius 2 is 2.11 bits per heavy atom. The van der Waals surface area contributed by atoms with E-state index in [1.807, 2.05) is 4.90 Å². The Morgan fingerprint density at radius 1 is 1.32 bits per heavy atom. The van der Waals surface area contributed by atoms with E-state index in [9.17, 15) is 22.8 Å². The minimum Gasteiger partial charge on any atom is -0.453 e. The van der Waals surface area contributed by atoms with Crippen molar-refractivity contribution in [3.8, 4) is 0 Å². The van der Waals surface area contributed by atoms with Crippen LogP contribution in [0, 0.1) is 0 Å². The number of benzene rings is 1. The van der Waals surface area contributed by atoms with Gasteiger partial charge in [0.25, 0.3) is 0 Å². The van der Waals surface area contributed by atoms with E-state index in [-0.39, 0.29) is 12.2 Å². The third kappa shape index (κ3) is 4.98. The quantitative estimate of drug-likeness (QED) is 0.802. The molecule has 2 aromatic rings. The van der Waals surface area contributed by atoms with Crippen LogP contribution >= 0.6 is 11.3 Å². The number of anilines is 2. The van der Waals surface area contributed by atoms with E-state index < -0.39 is 23.7 Å². The van der Waals surface area contributed by atoms with Gasteiger partial charge in [-0.3, -0.25) is 15.0 Å². The smallest absolute Gasteiger partial charge is 0.416 e. The molecular formula is C17H17F3N4O3S. The molecule has 1 aliphatic heterocycles. The molecule has 1 aliphatic rings. The number of hydrogen-bond acceptors (Lipinski definition) is 6. The monoisotopic (exact) mass is 414 g/mol. The van der Waals surface area contributed by atoms with Crippen LogP contribution in [0.2, 0.25) is 0 Å². The number of methoxy groups -OCH3 is 1. The fourth-order valence-electron chi connectivity index (χ4n) is 2.75. The van der Waals surface area contributed by atoms with Crippen molar-refractivity contribution in [3.63, 3.8) is 0 Å². The van der Waals surface area contributed by atoms with Crippen LogP contribution in [0.25, 0.3) is 0 Å². The van der Waals surface area contributed by atoms with Crippen molar-refractivity contribution in [2.75, 3.05) is 30.8 Å². The summed E-state index contributed by atoms with van der Waals surface area (Å²) in [6, 6.07) is 4.51. The lowest BCUT2D eigenvalue weighted by Crippen LogP contribution is -2.36. The van der Waals surface area contributed by atoms with Crippen LogP contribution in [-0.4, -0.2) is 42.1 Å². The van der Waals surface area contributed by atoms with Crippen molar-refractivity contribution in [3.05, 3.63) is 40.4 Å². The molecule has 2 heterocycles. The third-order valence-corrected chi connectivity index (χ3v) is 5.04. The molecular weight excluding hydrogens is 397 g/mol. The SMILES string of the molecule is COC(=O)Nc1nc2c(s1)CN(CC(=O)Nc1cccc(C(F)(F)F)c1)CC2. The Kier molecular flexibility index (Phi) is 5.84. The first-order valence-corrected chi connectivity index (χ1v) is 9.09. The van der Waals surface area contributed by atoms with E-state index >= 15 is 0 Å². The number of thiazole rings is 1. The van der Waals surface area contributed by atoms with Gasteiger partial charge in [-0.1, -0.05) is 17.4 Å². The molecule has 1 aromatic heterocycles. The number of halogens is 3. The molecule has 2 N–H and O–H groups in total. The highest BCUT2D eigenvalue weighted by Gasteiger charge is 2.30. The molecule has 0 atom stereocenters. The zero-order valence-electron chi connectivity index (χ0n) is 14.8. The normalized spacial score (nSPS) is 14.3. The van der Waals surface area contributed by atoms with E-state index in [1.165, 1.54) is 30.6 Å². The minimum atomic E-state index is -4.47. The van der Waals surface area contributed by atoms with E-state index in [0.717, 1.165) is 22.7 Å². The summed E-state index contributed by atoms with van der Waals surface area (Å²) < 4.78 is 42.8. The van der Waals surface area contributed by atoms with E-state index in [1.54, 1.807) is 0 Å². The van der Waals surface area contributed by atoms with Crippen molar-refractivity contribution >= 4 is 34.2 Å². The highest BCUT2D eigenvalue weighted by Crippen LogP contribution is 2.31. The van der Waals surface area contributed by atoms with E-state index in [4.69, 9.17) is 0 Å². The van der Waals surface area contributed by atoms with Gasteiger partial charge in [-0.15, -0.1) is 0 Å². The minimum absolute atomic E-state index is 0.0351. The number of fused-ring (bicyclic) bond motifs is 1. The van der Waals surface area contributed by atoms with Gasteiger partial charge in [-0.05, 0) is 18.2 Å². The maximum atomic E-state index is 12.8. The number of amides is 2. The molecule has 0 saturated heterocycles. The van der Waals surface area contributed by atoms with Gasteiger partial charge in [0.1, 0.15) is 0 Å². The summed E-state index contributed by atoms with van der Waals surface area (Å²) in [5.74, 6) is -0.403.